The predicted molar refractivity (Wildman–Crippen MR) is 129 cm³/mol. The summed E-state index contributed by atoms with van der Waals surface area (Å²) in [6.45, 7) is 16.2. The number of carbonyl (C=O) groups excluding carboxylic acids is 1. The molecule has 31 heavy (non-hydrogen) atoms. The fourth-order valence-corrected chi connectivity index (χ4v) is 9.05. The summed E-state index contributed by atoms with van der Waals surface area (Å²) in [5.41, 5.74) is 2.89. The van der Waals surface area contributed by atoms with Gasteiger partial charge in [-0.05, 0) is 123 Å². The van der Waals surface area contributed by atoms with Gasteiger partial charge in [-0.25, -0.2) is 0 Å². The summed E-state index contributed by atoms with van der Waals surface area (Å²) in [7, 11) is 0. The molecule has 3 fully saturated rings. The molecule has 4 rings (SSSR count). The minimum Gasteiger partial charge on any atom is -0.389 e. The summed E-state index contributed by atoms with van der Waals surface area (Å²) in [4.78, 5) is 12.1. The zero-order valence-corrected chi connectivity index (χ0v) is 20.8. The molecule has 9 atom stereocenters. The van der Waals surface area contributed by atoms with Crippen LogP contribution in [0.2, 0.25) is 0 Å². The molecule has 3 unspecified atom stereocenters. The van der Waals surface area contributed by atoms with Crippen molar-refractivity contribution in [2.75, 3.05) is 0 Å². The third kappa shape index (κ3) is 3.79. The highest BCUT2D eigenvalue weighted by Crippen LogP contribution is 2.67. The quantitative estimate of drug-likeness (QED) is 0.459. The SMILES string of the molecule is C=C(C)[C@@H](CC)CC[C@@H](C)[C@H]1CCC2C3C[C@@H](O)C4=CC(=O)CC[C@]4(C)C3CC[C@@]21C. The van der Waals surface area contributed by atoms with Crippen LogP contribution in [0.1, 0.15) is 98.8 Å². The molecule has 0 heterocycles. The van der Waals surface area contributed by atoms with E-state index in [4.69, 9.17) is 0 Å². The fraction of sp³-hybridized carbons (Fsp3) is 0.828. The van der Waals surface area contributed by atoms with E-state index in [1.165, 1.54) is 50.5 Å². The molecule has 0 bridgehead atoms. The van der Waals surface area contributed by atoms with E-state index in [0.29, 0.717) is 29.6 Å². The summed E-state index contributed by atoms with van der Waals surface area (Å²) in [6, 6.07) is 0. The maximum absolute atomic E-state index is 12.1. The third-order valence-corrected chi connectivity index (χ3v) is 10.9. The van der Waals surface area contributed by atoms with Gasteiger partial charge in [0.1, 0.15) is 0 Å². The van der Waals surface area contributed by atoms with Crippen LogP contribution in [-0.4, -0.2) is 17.0 Å². The Morgan fingerprint density at radius 2 is 1.94 bits per heavy atom. The van der Waals surface area contributed by atoms with Gasteiger partial charge >= 0.3 is 0 Å². The Balaban J connectivity index is 1.51. The summed E-state index contributed by atoms with van der Waals surface area (Å²) in [6.07, 6.45) is 13.0. The summed E-state index contributed by atoms with van der Waals surface area (Å²) >= 11 is 0. The molecule has 0 radical (unpaired) electrons. The van der Waals surface area contributed by atoms with Crippen molar-refractivity contribution < 1.29 is 9.90 Å². The van der Waals surface area contributed by atoms with Gasteiger partial charge in [-0.3, -0.25) is 4.79 Å². The van der Waals surface area contributed by atoms with Crippen LogP contribution in [-0.2, 0) is 4.79 Å². The van der Waals surface area contributed by atoms with Crippen LogP contribution in [0, 0.1) is 46.3 Å². The fourth-order valence-electron chi connectivity index (χ4n) is 9.05. The second-order valence-corrected chi connectivity index (χ2v) is 12.3. The van der Waals surface area contributed by atoms with Crippen molar-refractivity contribution in [3.63, 3.8) is 0 Å². The Labute approximate surface area is 191 Å². The lowest BCUT2D eigenvalue weighted by Gasteiger charge is -2.59. The minimum atomic E-state index is -0.407. The molecule has 4 aliphatic carbocycles. The average Bonchev–Trinajstić information content (AvgIpc) is 3.07. The van der Waals surface area contributed by atoms with Crippen molar-refractivity contribution in [2.45, 2.75) is 105 Å². The van der Waals surface area contributed by atoms with Crippen LogP contribution in [0.3, 0.4) is 0 Å². The van der Waals surface area contributed by atoms with Gasteiger partial charge in [0.25, 0.3) is 0 Å². The Hall–Kier alpha value is -0.890. The number of aliphatic hydroxyl groups is 1. The largest absolute Gasteiger partial charge is 0.389 e. The summed E-state index contributed by atoms with van der Waals surface area (Å²) < 4.78 is 0. The number of aliphatic hydroxyl groups excluding tert-OH is 1. The summed E-state index contributed by atoms with van der Waals surface area (Å²) in [5, 5.41) is 11.1. The van der Waals surface area contributed by atoms with Crippen LogP contribution < -0.4 is 0 Å². The predicted octanol–water partition coefficient (Wildman–Crippen LogP) is 7.12. The van der Waals surface area contributed by atoms with Crippen molar-refractivity contribution in [3.05, 3.63) is 23.8 Å². The lowest BCUT2D eigenvalue weighted by molar-refractivity contribution is -0.119. The van der Waals surface area contributed by atoms with E-state index < -0.39 is 6.10 Å². The first-order valence-corrected chi connectivity index (χ1v) is 13.2. The van der Waals surface area contributed by atoms with E-state index in [-0.39, 0.29) is 11.2 Å². The Bertz CT molecular complexity index is 750. The standard InChI is InChI=1S/C29H46O2/c1-7-20(18(2)3)9-8-19(4)23-10-11-24-22-17-27(31)26-16-21(30)12-14-29(26,6)25(22)13-15-28(23,24)5/h16,19-20,22-25,27,31H,2,7-15,17H2,1,3-6H3/t19-,20+,22?,23-,24?,25?,27-,28-,29-/m1/s1. The zero-order valence-electron chi connectivity index (χ0n) is 20.8. The Morgan fingerprint density at radius 1 is 1.19 bits per heavy atom. The molecule has 2 heteroatoms. The molecule has 3 saturated carbocycles. The molecule has 2 nitrogen and oxygen atoms in total. The number of rotatable bonds is 6. The van der Waals surface area contributed by atoms with Gasteiger partial charge in [0.15, 0.2) is 5.78 Å². The average molecular weight is 427 g/mol. The molecule has 0 aromatic carbocycles. The molecular formula is C29H46O2. The normalized spacial score (nSPS) is 44.0. The van der Waals surface area contributed by atoms with Crippen molar-refractivity contribution in [3.8, 4) is 0 Å². The molecule has 0 aliphatic heterocycles. The topological polar surface area (TPSA) is 37.3 Å². The highest BCUT2D eigenvalue weighted by atomic mass is 16.3. The van der Waals surface area contributed by atoms with Crippen molar-refractivity contribution in [1.82, 2.24) is 0 Å². The van der Waals surface area contributed by atoms with Gasteiger partial charge < -0.3 is 5.11 Å². The van der Waals surface area contributed by atoms with Crippen LogP contribution >= 0.6 is 0 Å². The smallest absolute Gasteiger partial charge is 0.155 e. The lowest BCUT2D eigenvalue weighted by atomic mass is 9.46. The van der Waals surface area contributed by atoms with E-state index in [1.807, 2.05) is 6.08 Å². The Kier molecular flexibility index (Phi) is 6.36. The molecule has 0 spiro atoms. The third-order valence-electron chi connectivity index (χ3n) is 10.9. The van der Waals surface area contributed by atoms with Gasteiger partial charge in [-0.2, -0.15) is 0 Å². The maximum atomic E-state index is 12.1. The zero-order chi connectivity index (χ0) is 22.6. The number of allylic oxidation sites excluding steroid dienone is 1. The number of hydrogen-bond acceptors (Lipinski definition) is 2. The molecular weight excluding hydrogens is 380 g/mol. The molecule has 0 aromatic rings. The molecule has 0 saturated heterocycles. The van der Waals surface area contributed by atoms with E-state index in [0.717, 1.165) is 36.2 Å². The second kappa shape index (κ2) is 8.47. The molecule has 0 aromatic heterocycles. The first kappa shape index (κ1) is 23.3. The van der Waals surface area contributed by atoms with Crippen molar-refractivity contribution in [1.29, 1.82) is 0 Å². The molecule has 1 N–H and O–H groups in total. The van der Waals surface area contributed by atoms with E-state index in [9.17, 15) is 9.90 Å². The first-order chi connectivity index (χ1) is 14.6. The van der Waals surface area contributed by atoms with Crippen LogP contribution in [0.5, 0.6) is 0 Å². The first-order valence-electron chi connectivity index (χ1n) is 13.2. The lowest BCUT2D eigenvalue weighted by Crippen LogP contribution is -2.54. The van der Waals surface area contributed by atoms with Gasteiger partial charge in [0.05, 0.1) is 6.10 Å². The van der Waals surface area contributed by atoms with E-state index in [1.54, 1.807) is 0 Å². The molecule has 174 valence electrons. The van der Waals surface area contributed by atoms with Gasteiger partial charge in [-0.15, -0.1) is 0 Å². The van der Waals surface area contributed by atoms with Crippen molar-refractivity contribution >= 4 is 5.78 Å². The van der Waals surface area contributed by atoms with Gasteiger partial charge in [0, 0.05) is 6.42 Å². The number of ketones is 1. The van der Waals surface area contributed by atoms with Crippen molar-refractivity contribution in [2.24, 2.45) is 46.3 Å². The second-order valence-electron chi connectivity index (χ2n) is 12.3. The summed E-state index contributed by atoms with van der Waals surface area (Å²) in [5.74, 6) is 4.50. The van der Waals surface area contributed by atoms with Crippen LogP contribution in [0.15, 0.2) is 23.8 Å². The highest BCUT2D eigenvalue weighted by molar-refractivity contribution is 5.91. The minimum absolute atomic E-state index is 0.0388. The van der Waals surface area contributed by atoms with E-state index in [2.05, 4.69) is 41.2 Å². The van der Waals surface area contributed by atoms with Crippen LogP contribution in [0.25, 0.3) is 0 Å². The monoisotopic (exact) mass is 426 g/mol. The number of carbonyl (C=O) groups is 1. The Morgan fingerprint density at radius 3 is 2.61 bits per heavy atom. The van der Waals surface area contributed by atoms with E-state index >= 15 is 0 Å². The molecule has 4 aliphatic rings. The maximum Gasteiger partial charge on any atom is 0.155 e. The van der Waals surface area contributed by atoms with Gasteiger partial charge in [-0.1, -0.05) is 39.8 Å². The van der Waals surface area contributed by atoms with Crippen LogP contribution in [0.4, 0.5) is 0 Å². The molecule has 0 amide bonds. The van der Waals surface area contributed by atoms with Gasteiger partial charge in [0.2, 0.25) is 0 Å². The number of hydrogen-bond donors (Lipinski definition) is 1. The highest BCUT2D eigenvalue weighted by Gasteiger charge is 2.60. The number of fused-ring (bicyclic) bond motifs is 5.